The lowest BCUT2D eigenvalue weighted by Crippen LogP contribution is -2.07. The highest BCUT2D eigenvalue weighted by Gasteiger charge is 2.09. The molecule has 1 radical (unpaired) electrons. The largest absolute Gasteiger partial charge is 0.454 e. The Morgan fingerprint density at radius 1 is 1.82 bits per heavy atom. The van der Waals surface area contributed by atoms with Gasteiger partial charge in [-0.05, 0) is 6.92 Å². The summed E-state index contributed by atoms with van der Waals surface area (Å²) >= 11 is 0. The highest BCUT2D eigenvalue weighted by Crippen LogP contribution is 1.99. The minimum absolute atomic E-state index is 0.382. The topological polar surface area (TPSA) is 44.1 Å². The van der Waals surface area contributed by atoms with E-state index in [-0.39, 0.29) is 5.97 Å². The first-order valence-electron chi connectivity index (χ1n) is 3.21. The van der Waals surface area contributed by atoms with Crippen molar-refractivity contribution in [1.82, 2.24) is 9.55 Å². The normalized spacial score (nSPS) is 9.64. The summed E-state index contributed by atoms with van der Waals surface area (Å²) in [4.78, 5) is 14.8. The first-order valence-corrected chi connectivity index (χ1v) is 3.21. The number of hydrogen-bond acceptors (Lipinski definition) is 3. The molecule has 0 saturated heterocycles. The second kappa shape index (κ2) is 3.18. The zero-order valence-electron chi connectivity index (χ0n) is 6.44. The molecule has 0 unspecified atom stereocenters. The lowest BCUT2D eigenvalue weighted by Gasteiger charge is -1.99. The molecule has 0 spiro atoms. The zero-order chi connectivity index (χ0) is 8.27. The Hall–Kier alpha value is -1.32. The monoisotopic (exact) mass is 153 g/mol. The van der Waals surface area contributed by atoms with Crippen LogP contribution in [0.4, 0.5) is 0 Å². The Bertz CT molecular complexity index is 255. The van der Waals surface area contributed by atoms with Gasteiger partial charge in [-0.3, -0.25) is 0 Å². The van der Waals surface area contributed by atoms with E-state index < -0.39 is 0 Å². The zero-order valence-corrected chi connectivity index (χ0v) is 6.44. The molecule has 0 N–H and O–H groups in total. The number of aromatic nitrogens is 2. The van der Waals surface area contributed by atoms with Crippen LogP contribution in [0.1, 0.15) is 17.4 Å². The molecule has 1 rings (SSSR count). The number of esters is 1. The second-order valence-corrected chi connectivity index (χ2v) is 2.03. The fourth-order valence-electron chi connectivity index (χ4n) is 0.721. The van der Waals surface area contributed by atoms with Gasteiger partial charge in [-0.25, -0.2) is 9.78 Å². The Morgan fingerprint density at radius 3 is 3.00 bits per heavy atom. The fourth-order valence-corrected chi connectivity index (χ4v) is 0.721. The molecule has 0 aliphatic rings. The third kappa shape index (κ3) is 1.58. The van der Waals surface area contributed by atoms with Crippen LogP contribution in [-0.2, 0) is 11.8 Å². The van der Waals surface area contributed by atoms with Crippen LogP contribution in [0.5, 0.6) is 0 Å². The van der Waals surface area contributed by atoms with Crippen LogP contribution in [0.25, 0.3) is 0 Å². The summed E-state index contributed by atoms with van der Waals surface area (Å²) in [5, 5.41) is 0. The van der Waals surface area contributed by atoms with Gasteiger partial charge < -0.3 is 9.30 Å². The summed E-state index contributed by atoms with van der Waals surface area (Å²) < 4.78 is 6.25. The molecule has 1 aromatic heterocycles. The summed E-state index contributed by atoms with van der Waals surface area (Å²) in [5.41, 5.74) is 0.447. The Morgan fingerprint density at radius 2 is 2.55 bits per heavy atom. The maximum atomic E-state index is 11.0. The van der Waals surface area contributed by atoms with Gasteiger partial charge in [0.2, 0.25) is 0 Å². The van der Waals surface area contributed by atoms with Crippen molar-refractivity contribution in [1.29, 1.82) is 0 Å². The van der Waals surface area contributed by atoms with Crippen molar-refractivity contribution in [2.45, 2.75) is 6.92 Å². The molecule has 0 aliphatic heterocycles. The van der Waals surface area contributed by atoms with E-state index in [1.54, 1.807) is 24.9 Å². The van der Waals surface area contributed by atoms with Gasteiger partial charge in [0, 0.05) is 7.05 Å². The predicted molar refractivity (Wildman–Crippen MR) is 38.6 cm³/mol. The predicted octanol–water partition coefficient (Wildman–Crippen LogP) is 0.759. The van der Waals surface area contributed by atoms with Crippen LogP contribution in [-0.4, -0.2) is 15.5 Å². The third-order valence-electron chi connectivity index (χ3n) is 1.25. The van der Waals surface area contributed by atoms with Crippen LogP contribution in [0.15, 0.2) is 12.5 Å². The summed E-state index contributed by atoms with van der Waals surface area (Å²) in [6, 6.07) is 0. The maximum absolute atomic E-state index is 11.0. The fraction of sp³-hybridized carbons (Fsp3) is 0.286. The van der Waals surface area contributed by atoms with E-state index in [1.807, 2.05) is 0 Å². The molecule has 0 bridgehead atoms. The first kappa shape index (κ1) is 7.78. The summed E-state index contributed by atoms with van der Waals surface area (Å²) in [5.74, 6) is -0.382. The van der Waals surface area contributed by atoms with Gasteiger partial charge in [0.05, 0.1) is 12.5 Å². The van der Waals surface area contributed by atoms with E-state index in [9.17, 15) is 4.79 Å². The Kier molecular flexibility index (Phi) is 2.25. The lowest BCUT2D eigenvalue weighted by molar-refractivity contribution is 0.0602. The minimum atomic E-state index is -0.382. The summed E-state index contributed by atoms with van der Waals surface area (Å²) in [6.07, 6.45) is 3.01. The molecule has 4 nitrogen and oxygen atoms in total. The number of hydrogen-bond donors (Lipinski definition) is 0. The number of carbonyl (C=O) groups excluding carboxylic acids is 1. The molecule has 0 atom stereocenters. The lowest BCUT2D eigenvalue weighted by atomic mass is 10.5. The van der Waals surface area contributed by atoms with Crippen LogP contribution in [0.3, 0.4) is 0 Å². The quantitative estimate of drug-likeness (QED) is 0.589. The second-order valence-electron chi connectivity index (χ2n) is 2.03. The SMILES string of the molecule is C[CH]OC(=O)c1cncn1C. The van der Waals surface area contributed by atoms with E-state index in [4.69, 9.17) is 0 Å². The van der Waals surface area contributed by atoms with Crippen LogP contribution in [0.2, 0.25) is 0 Å². The maximum Gasteiger partial charge on any atom is 0.357 e. The van der Waals surface area contributed by atoms with Gasteiger partial charge in [0.25, 0.3) is 0 Å². The molecule has 0 amide bonds. The van der Waals surface area contributed by atoms with Crippen molar-refractivity contribution in [3.8, 4) is 0 Å². The molecule has 59 valence electrons. The standard InChI is InChI=1S/C7H9N2O2/c1-3-11-7(10)6-4-8-5-9(6)2/h3-5H,1-2H3. The van der Waals surface area contributed by atoms with Crippen LogP contribution >= 0.6 is 0 Å². The van der Waals surface area contributed by atoms with Crippen molar-refractivity contribution in [2.24, 2.45) is 7.05 Å². The molecule has 0 saturated carbocycles. The van der Waals surface area contributed by atoms with Crippen molar-refractivity contribution >= 4 is 5.97 Å². The molecule has 11 heavy (non-hydrogen) atoms. The highest BCUT2D eigenvalue weighted by atomic mass is 16.5. The number of carbonyl (C=O) groups is 1. The molecule has 1 heterocycles. The average Bonchev–Trinajstić information content (AvgIpc) is 2.36. The number of aryl methyl sites for hydroxylation is 1. The minimum Gasteiger partial charge on any atom is -0.454 e. The number of rotatable bonds is 2. The molecule has 1 aromatic rings. The highest BCUT2D eigenvalue weighted by molar-refractivity contribution is 5.87. The number of imidazole rings is 1. The summed E-state index contributed by atoms with van der Waals surface area (Å²) in [6.45, 7) is 2.99. The van der Waals surface area contributed by atoms with E-state index in [1.165, 1.54) is 12.8 Å². The number of nitrogens with zero attached hydrogens (tertiary/aromatic N) is 2. The van der Waals surface area contributed by atoms with Crippen LogP contribution in [0, 0.1) is 6.61 Å². The Balaban J connectivity index is 2.76. The van der Waals surface area contributed by atoms with Crippen molar-refractivity contribution in [3.63, 3.8) is 0 Å². The summed E-state index contributed by atoms with van der Waals surface area (Å²) in [7, 11) is 1.74. The molecular weight excluding hydrogens is 144 g/mol. The molecule has 4 heteroatoms. The van der Waals surface area contributed by atoms with Gasteiger partial charge in [-0.1, -0.05) is 0 Å². The smallest absolute Gasteiger partial charge is 0.357 e. The first-order chi connectivity index (χ1) is 5.25. The van der Waals surface area contributed by atoms with E-state index in [0.29, 0.717) is 5.69 Å². The van der Waals surface area contributed by atoms with Gasteiger partial charge in [-0.15, -0.1) is 0 Å². The van der Waals surface area contributed by atoms with Gasteiger partial charge in [0.15, 0.2) is 0 Å². The van der Waals surface area contributed by atoms with Crippen molar-refractivity contribution in [3.05, 3.63) is 24.8 Å². The van der Waals surface area contributed by atoms with Gasteiger partial charge in [-0.2, -0.15) is 0 Å². The average molecular weight is 153 g/mol. The molecule has 0 aliphatic carbocycles. The molecular formula is C7H9N2O2. The Labute approximate surface area is 64.8 Å². The molecule has 0 fully saturated rings. The van der Waals surface area contributed by atoms with Crippen LogP contribution < -0.4 is 0 Å². The van der Waals surface area contributed by atoms with Gasteiger partial charge in [0.1, 0.15) is 12.3 Å². The van der Waals surface area contributed by atoms with E-state index in [2.05, 4.69) is 9.72 Å². The third-order valence-corrected chi connectivity index (χ3v) is 1.25. The van der Waals surface area contributed by atoms with E-state index in [0.717, 1.165) is 0 Å². The van der Waals surface area contributed by atoms with E-state index >= 15 is 0 Å². The van der Waals surface area contributed by atoms with Gasteiger partial charge >= 0.3 is 5.97 Å². The number of ether oxygens (including phenoxy) is 1. The van der Waals surface area contributed by atoms with Crippen molar-refractivity contribution in [2.75, 3.05) is 0 Å². The molecule has 0 aromatic carbocycles. The van der Waals surface area contributed by atoms with Crippen molar-refractivity contribution < 1.29 is 9.53 Å².